The fourth-order valence-electron chi connectivity index (χ4n) is 2.18. The molecule has 6 heteroatoms. The van der Waals surface area contributed by atoms with Crippen molar-refractivity contribution in [3.8, 4) is 11.5 Å². The highest BCUT2D eigenvalue weighted by Gasteiger charge is 2.10. The van der Waals surface area contributed by atoms with E-state index in [9.17, 15) is 9.59 Å². The number of furan rings is 1. The van der Waals surface area contributed by atoms with E-state index in [0.717, 1.165) is 0 Å². The number of hydrogen-bond donors (Lipinski definition) is 1. The van der Waals surface area contributed by atoms with Crippen LogP contribution in [-0.4, -0.2) is 18.5 Å². The predicted octanol–water partition coefficient (Wildman–Crippen LogP) is 4.27. The first-order chi connectivity index (χ1) is 13.2. The van der Waals surface area contributed by atoms with Gasteiger partial charge in [0.25, 0.3) is 5.91 Å². The topological polar surface area (TPSA) is 77.8 Å². The molecule has 6 nitrogen and oxygen atoms in total. The number of carbonyl (C=O) groups is 2. The van der Waals surface area contributed by atoms with Gasteiger partial charge in [0, 0.05) is 6.08 Å². The molecule has 0 atom stereocenters. The molecule has 0 aliphatic carbocycles. The smallest absolute Gasteiger partial charge is 0.331 e. The molecule has 1 amide bonds. The van der Waals surface area contributed by atoms with E-state index >= 15 is 0 Å². The first-order valence-electron chi connectivity index (χ1n) is 8.21. The second-order valence-corrected chi connectivity index (χ2v) is 5.42. The van der Waals surface area contributed by atoms with E-state index in [4.69, 9.17) is 13.9 Å². The van der Waals surface area contributed by atoms with Crippen molar-refractivity contribution >= 4 is 23.6 Å². The number of ether oxygens (including phenoxy) is 2. The molecule has 2 aromatic carbocycles. The lowest BCUT2D eigenvalue weighted by atomic mass is 10.3. The first kappa shape index (κ1) is 18.0. The van der Waals surface area contributed by atoms with Crippen LogP contribution in [0.5, 0.6) is 11.5 Å². The number of carbonyl (C=O) groups excluding carboxylic acids is 2. The number of amides is 1. The molecular formula is C21H17NO5. The van der Waals surface area contributed by atoms with E-state index in [1.807, 2.05) is 30.3 Å². The van der Waals surface area contributed by atoms with E-state index < -0.39 is 18.5 Å². The van der Waals surface area contributed by atoms with E-state index in [1.54, 1.807) is 36.4 Å². The third-order valence-electron chi connectivity index (χ3n) is 3.40. The maximum atomic E-state index is 12.1. The minimum Gasteiger partial charge on any atom is -0.465 e. The standard InChI is InChI=1S/C21H17NO5/c23-20(15-26-21(24)13-12-16-9-6-14-25-16)22-18-10-4-5-11-19(18)27-17-7-2-1-3-8-17/h1-14H,15H2,(H,22,23). The summed E-state index contributed by atoms with van der Waals surface area (Å²) in [5.41, 5.74) is 0.480. The van der Waals surface area contributed by atoms with Gasteiger partial charge in [0.2, 0.25) is 0 Å². The zero-order valence-electron chi connectivity index (χ0n) is 14.3. The van der Waals surface area contributed by atoms with Crippen molar-refractivity contribution in [2.45, 2.75) is 0 Å². The Balaban J connectivity index is 1.54. The second-order valence-electron chi connectivity index (χ2n) is 5.42. The number of nitrogens with one attached hydrogen (secondary N) is 1. The first-order valence-corrected chi connectivity index (χ1v) is 8.21. The minimum atomic E-state index is -0.643. The molecule has 1 heterocycles. The Labute approximate surface area is 156 Å². The van der Waals surface area contributed by atoms with Gasteiger partial charge in [-0.05, 0) is 42.5 Å². The van der Waals surface area contributed by atoms with Gasteiger partial charge in [-0.25, -0.2) is 4.79 Å². The predicted molar refractivity (Wildman–Crippen MR) is 100 cm³/mol. The van der Waals surface area contributed by atoms with Gasteiger partial charge in [0.1, 0.15) is 11.5 Å². The van der Waals surface area contributed by atoms with Gasteiger partial charge in [-0.15, -0.1) is 0 Å². The monoisotopic (exact) mass is 363 g/mol. The SMILES string of the molecule is O=C(COC(=O)C=Cc1ccco1)Nc1ccccc1Oc1ccccc1. The van der Waals surface area contributed by atoms with Crippen LogP contribution in [0.2, 0.25) is 0 Å². The van der Waals surface area contributed by atoms with Crippen molar-refractivity contribution in [1.82, 2.24) is 0 Å². The van der Waals surface area contributed by atoms with Gasteiger partial charge in [-0.1, -0.05) is 30.3 Å². The highest BCUT2D eigenvalue weighted by atomic mass is 16.5. The summed E-state index contributed by atoms with van der Waals surface area (Å²) in [4.78, 5) is 23.7. The van der Waals surface area contributed by atoms with Crippen molar-refractivity contribution < 1.29 is 23.5 Å². The Hall–Kier alpha value is -3.80. The molecule has 136 valence electrons. The molecule has 27 heavy (non-hydrogen) atoms. The molecule has 0 saturated heterocycles. The molecule has 0 fully saturated rings. The van der Waals surface area contributed by atoms with Gasteiger partial charge in [-0.2, -0.15) is 0 Å². The molecule has 1 N–H and O–H groups in total. The Morgan fingerprint density at radius 2 is 1.74 bits per heavy atom. The van der Waals surface area contributed by atoms with Crippen LogP contribution in [0.15, 0.2) is 83.5 Å². The summed E-state index contributed by atoms with van der Waals surface area (Å²) >= 11 is 0. The zero-order valence-corrected chi connectivity index (χ0v) is 14.3. The maximum absolute atomic E-state index is 12.1. The van der Waals surface area contributed by atoms with E-state index in [1.165, 1.54) is 18.4 Å². The van der Waals surface area contributed by atoms with Gasteiger partial charge in [0.15, 0.2) is 12.4 Å². The van der Waals surface area contributed by atoms with Crippen LogP contribution in [0.1, 0.15) is 5.76 Å². The summed E-state index contributed by atoms with van der Waals surface area (Å²) in [6, 6.07) is 19.6. The molecule has 1 aromatic heterocycles. The summed E-state index contributed by atoms with van der Waals surface area (Å²) in [6.07, 6.45) is 4.15. The molecule has 3 rings (SSSR count). The van der Waals surface area contributed by atoms with E-state index in [2.05, 4.69) is 5.32 Å². The summed E-state index contributed by atoms with van der Waals surface area (Å²) in [7, 11) is 0. The van der Waals surface area contributed by atoms with E-state index in [0.29, 0.717) is 22.9 Å². The molecule has 0 bridgehead atoms. The number of anilines is 1. The Bertz CT molecular complexity index is 917. The lowest BCUT2D eigenvalue weighted by molar-refractivity contribution is -0.142. The van der Waals surface area contributed by atoms with Crippen LogP contribution in [0.25, 0.3) is 6.08 Å². The van der Waals surface area contributed by atoms with Crippen LogP contribution in [0, 0.1) is 0 Å². The van der Waals surface area contributed by atoms with Gasteiger partial charge in [0.05, 0.1) is 12.0 Å². The third kappa shape index (κ3) is 5.61. The Morgan fingerprint density at radius 1 is 0.963 bits per heavy atom. The summed E-state index contributed by atoms with van der Waals surface area (Å²) in [6.45, 7) is -0.416. The normalized spacial score (nSPS) is 10.5. The highest BCUT2D eigenvalue weighted by molar-refractivity contribution is 5.95. The summed E-state index contributed by atoms with van der Waals surface area (Å²) in [5, 5.41) is 2.67. The average Bonchev–Trinajstić information content (AvgIpc) is 3.21. The Kier molecular flexibility index (Phi) is 6.04. The lowest BCUT2D eigenvalue weighted by Gasteiger charge is -2.12. The molecular weight excluding hydrogens is 346 g/mol. The van der Waals surface area contributed by atoms with Crippen molar-refractivity contribution in [2.24, 2.45) is 0 Å². The largest absolute Gasteiger partial charge is 0.465 e. The highest BCUT2D eigenvalue weighted by Crippen LogP contribution is 2.28. The maximum Gasteiger partial charge on any atom is 0.331 e. The van der Waals surface area contributed by atoms with Crippen molar-refractivity contribution in [2.75, 3.05) is 11.9 Å². The second kappa shape index (κ2) is 9.05. The van der Waals surface area contributed by atoms with Crippen LogP contribution in [-0.2, 0) is 14.3 Å². The number of para-hydroxylation sites is 3. The van der Waals surface area contributed by atoms with Crippen LogP contribution in [0.3, 0.4) is 0 Å². The van der Waals surface area contributed by atoms with Crippen LogP contribution < -0.4 is 10.1 Å². The molecule has 0 radical (unpaired) electrons. The lowest BCUT2D eigenvalue weighted by Crippen LogP contribution is -2.20. The zero-order chi connectivity index (χ0) is 18.9. The quantitative estimate of drug-likeness (QED) is 0.501. The Morgan fingerprint density at radius 3 is 2.52 bits per heavy atom. The number of hydrogen-bond acceptors (Lipinski definition) is 5. The number of rotatable bonds is 7. The van der Waals surface area contributed by atoms with Gasteiger partial charge >= 0.3 is 5.97 Å². The molecule has 0 aliphatic heterocycles. The fourth-order valence-corrected chi connectivity index (χ4v) is 2.18. The van der Waals surface area contributed by atoms with Crippen molar-refractivity contribution in [1.29, 1.82) is 0 Å². The van der Waals surface area contributed by atoms with E-state index in [-0.39, 0.29) is 0 Å². The molecule has 0 saturated carbocycles. The summed E-state index contributed by atoms with van der Waals surface area (Å²) < 4.78 is 15.7. The van der Waals surface area contributed by atoms with Crippen LogP contribution >= 0.6 is 0 Å². The molecule has 3 aromatic rings. The number of esters is 1. The molecule has 0 unspecified atom stereocenters. The minimum absolute atomic E-state index is 0.416. The summed E-state index contributed by atoms with van der Waals surface area (Å²) in [5.74, 6) is 0.535. The molecule has 0 spiro atoms. The van der Waals surface area contributed by atoms with Crippen LogP contribution in [0.4, 0.5) is 5.69 Å². The van der Waals surface area contributed by atoms with Crippen molar-refractivity contribution in [3.05, 3.63) is 84.8 Å². The third-order valence-corrected chi connectivity index (χ3v) is 3.40. The number of benzene rings is 2. The fraction of sp³-hybridized carbons (Fsp3) is 0.0476. The van der Waals surface area contributed by atoms with Gasteiger partial charge < -0.3 is 19.2 Å². The molecule has 0 aliphatic rings. The van der Waals surface area contributed by atoms with Crippen molar-refractivity contribution in [3.63, 3.8) is 0 Å². The average molecular weight is 363 g/mol. The van der Waals surface area contributed by atoms with Gasteiger partial charge in [-0.3, -0.25) is 4.79 Å².